The fraction of sp³-hybridized carbons (Fsp3) is 0.269. The normalized spacial score (nSPS) is 14.1. The van der Waals surface area contributed by atoms with Gasteiger partial charge in [-0.1, -0.05) is 0 Å². The highest BCUT2D eigenvalue weighted by Crippen LogP contribution is 2.31. The SMILES string of the molecule is COc1ccc(S(=O)(=O)N(CC(=O)Nc2cc(S(=O)(=O)N3CCCC3)ccc2OC)c2ccc(F)cc2)cc1. The Balaban J connectivity index is 1.65. The molecule has 0 aromatic heterocycles. The third kappa shape index (κ3) is 6.15. The van der Waals surface area contributed by atoms with Crippen LogP contribution in [0.4, 0.5) is 15.8 Å². The van der Waals surface area contributed by atoms with Crippen LogP contribution in [0.1, 0.15) is 12.8 Å². The van der Waals surface area contributed by atoms with Gasteiger partial charge in [-0.05, 0) is 79.6 Å². The average molecular weight is 578 g/mol. The number of hydrogen-bond acceptors (Lipinski definition) is 7. The van der Waals surface area contributed by atoms with Gasteiger partial charge in [-0.3, -0.25) is 9.10 Å². The number of carbonyl (C=O) groups excluding carboxylic acids is 1. The lowest BCUT2D eigenvalue weighted by molar-refractivity contribution is -0.114. The van der Waals surface area contributed by atoms with Gasteiger partial charge in [-0.25, -0.2) is 21.2 Å². The lowest BCUT2D eigenvalue weighted by atomic mass is 10.3. The molecule has 0 atom stereocenters. The van der Waals surface area contributed by atoms with Crippen molar-refractivity contribution in [3.63, 3.8) is 0 Å². The lowest BCUT2D eigenvalue weighted by Crippen LogP contribution is -2.38. The first-order valence-electron chi connectivity index (χ1n) is 12.0. The number of amides is 1. The maximum Gasteiger partial charge on any atom is 0.264 e. The minimum Gasteiger partial charge on any atom is -0.497 e. The molecule has 3 aromatic rings. The van der Waals surface area contributed by atoms with Crippen LogP contribution >= 0.6 is 0 Å². The average Bonchev–Trinajstić information content (AvgIpc) is 3.48. The van der Waals surface area contributed by atoms with Gasteiger partial charge in [-0.15, -0.1) is 0 Å². The Hall–Kier alpha value is -3.68. The summed E-state index contributed by atoms with van der Waals surface area (Å²) >= 11 is 0. The number of hydrogen-bond donors (Lipinski definition) is 1. The van der Waals surface area contributed by atoms with Gasteiger partial charge in [-0.2, -0.15) is 4.31 Å². The predicted molar refractivity (Wildman–Crippen MR) is 144 cm³/mol. The van der Waals surface area contributed by atoms with Gasteiger partial charge in [0.2, 0.25) is 15.9 Å². The number of carbonyl (C=O) groups is 1. The van der Waals surface area contributed by atoms with Gasteiger partial charge in [0.1, 0.15) is 23.9 Å². The number of halogens is 1. The molecule has 0 aliphatic carbocycles. The van der Waals surface area contributed by atoms with Crippen LogP contribution in [0, 0.1) is 5.82 Å². The highest BCUT2D eigenvalue weighted by molar-refractivity contribution is 7.92. The maximum absolute atomic E-state index is 13.6. The van der Waals surface area contributed by atoms with E-state index in [1.165, 1.54) is 73.1 Å². The summed E-state index contributed by atoms with van der Waals surface area (Å²) in [4.78, 5) is 13.1. The molecular weight excluding hydrogens is 549 g/mol. The molecule has 10 nitrogen and oxygen atoms in total. The third-order valence-corrected chi connectivity index (χ3v) is 9.88. The number of anilines is 2. The van der Waals surface area contributed by atoms with Crippen LogP contribution in [0.15, 0.2) is 76.5 Å². The Morgan fingerprint density at radius 2 is 1.51 bits per heavy atom. The van der Waals surface area contributed by atoms with Crippen LogP contribution in [0.5, 0.6) is 11.5 Å². The summed E-state index contributed by atoms with van der Waals surface area (Å²) in [7, 11) is -5.26. The minimum absolute atomic E-state index is 0.0262. The van der Waals surface area contributed by atoms with Crippen LogP contribution < -0.4 is 19.1 Å². The molecule has 0 saturated carbocycles. The van der Waals surface area contributed by atoms with Crippen LogP contribution in [0.25, 0.3) is 0 Å². The summed E-state index contributed by atoms with van der Waals surface area (Å²) in [5, 5.41) is 2.57. The number of nitrogens with one attached hydrogen (secondary N) is 1. The van der Waals surface area contributed by atoms with Gasteiger partial charge in [0.05, 0.1) is 35.4 Å². The molecular formula is C26H28FN3O7S2. The van der Waals surface area contributed by atoms with Crippen molar-refractivity contribution in [1.82, 2.24) is 4.31 Å². The largest absolute Gasteiger partial charge is 0.497 e. The molecule has 1 amide bonds. The molecule has 39 heavy (non-hydrogen) atoms. The van der Waals surface area contributed by atoms with E-state index in [0.29, 0.717) is 18.8 Å². The highest BCUT2D eigenvalue weighted by Gasteiger charge is 2.30. The van der Waals surface area contributed by atoms with Crippen molar-refractivity contribution in [1.29, 1.82) is 0 Å². The zero-order valence-electron chi connectivity index (χ0n) is 21.3. The highest BCUT2D eigenvalue weighted by atomic mass is 32.2. The molecule has 1 N–H and O–H groups in total. The van der Waals surface area contributed by atoms with Crippen LogP contribution in [-0.2, 0) is 24.8 Å². The van der Waals surface area contributed by atoms with E-state index in [1.54, 1.807) is 0 Å². The third-order valence-electron chi connectivity index (χ3n) is 6.20. The van der Waals surface area contributed by atoms with Crippen molar-refractivity contribution < 1.29 is 35.5 Å². The second-order valence-corrected chi connectivity index (χ2v) is 12.5. The molecule has 0 unspecified atom stereocenters. The second kappa shape index (κ2) is 11.6. The van der Waals surface area contributed by atoms with Crippen molar-refractivity contribution >= 4 is 37.3 Å². The summed E-state index contributed by atoms with van der Waals surface area (Å²) in [6.07, 6.45) is 1.53. The van der Waals surface area contributed by atoms with E-state index in [0.717, 1.165) is 29.3 Å². The topological polar surface area (TPSA) is 122 Å². The Morgan fingerprint density at radius 1 is 0.897 bits per heavy atom. The molecule has 208 valence electrons. The van der Waals surface area contributed by atoms with Crippen molar-refractivity contribution in [2.45, 2.75) is 22.6 Å². The van der Waals surface area contributed by atoms with Crippen molar-refractivity contribution in [3.05, 3.63) is 72.5 Å². The zero-order valence-corrected chi connectivity index (χ0v) is 23.0. The van der Waals surface area contributed by atoms with Crippen molar-refractivity contribution in [2.75, 3.05) is 43.5 Å². The summed E-state index contributed by atoms with van der Waals surface area (Å²) < 4.78 is 79.4. The fourth-order valence-corrected chi connectivity index (χ4v) is 7.11. The first-order chi connectivity index (χ1) is 18.6. The maximum atomic E-state index is 13.6. The minimum atomic E-state index is -4.28. The monoisotopic (exact) mass is 577 g/mol. The molecule has 0 spiro atoms. The van der Waals surface area contributed by atoms with Gasteiger partial charge in [0.25, 0.3) is 10.0 Å². The number of nitrogens with zero attached hydrogens (tertiary/aromatic N) is 2. The molecule has 1 aliphatic heterocycles. The smallest absolute Gasteiger partial charge is 0.264 e. The van der Waals surface area contributed by atoms with Gasteiger partial charge in [0.15, 0.2) is 0 Å². The first kappa shape index (κ1) is 28.3. The molecule has 4 rings (SSSR count). The lowest BCUT2D eigenvalue weighted by Gasteiger charge is -2.24. The summed E-state index contributed by atoms with van der Waals surface area (Å²) in [5.41, 5.74) is 0.114. The van der Waals surface area contributed by atoms with Gasteiger partial charge in [0, 0.05) is 13.1 Å². The Kier molecular flexibility index (Phi) is 8.42. The van der Waals surface area contributed by atoms with Crippen LogP contribution in [-0.4, -0.2) is 60.9 Å². The Morgan fingerprint density at radius 3 is 2.10 bits per heavy atom. The van der Waals surface area contributed by atoms with Crippen LogP contribution in [0.2, 0.25) is 0 Å². The Labute approximate surface area is 227 Å². The molecule has 0 radical (unpaired) electrons. The molecule has 3 aromatic carbocycles. The molecule has 1 aliphatic rings. The fourth-order valence-electron chi connectivity index (χ4n) is 4.14. The van der Waals surface area contributed by atoms with Crippen molar-refractivity contribution in [2.24, 2.45) is 0 Å². The van der Waals surface area contributed by atoms with Gasteiger partial charge >= 0.3 is 0 Å². The molecule has 1 fully saturated rings. The molecule has 0 bridgehead atoms. The van der Waals surface area contributed by atoms with Gasteiger partial charge < -0.3 is 14.8 Å². The molecule has 1 saturated heterocycles. The van der Waals surface area contributed by atoms with E-state index < -0.39 is 38.3 Å². The van der Waals surface area contributed by atoms with E-state index in [9.17, 15) is 26.0 Å². The predicted octanol–water partition coefficient (Wildman–Crippen LogP) is 3.46. The Bertz CT molecular complexity index is 1540. The number of sulfonamides is 2. The molecule has 1 heterocycles. The van der Waals surface area contributed by atoms with Crippen molar-refractivity contribution in [3.8, 4) is 11.5 Å². The van der Waals surface area contributed by atoms with E-state index in [-0.39, 0.29) is 26.9 Å². The second-order valence-electron chi connectivity index (χ2n) is 8.69. The quantitative estimate of drug-likeness (QED) is 0.392. The van der Waals surface area contributed by atoms with Crippen LogP contribution in [0.3, 0.4) is 0 Å². The van der Waals surface area contributed by atoms with E-state index >= 15 is 0 Å². The number of ether oxygens (including phenoxy) is 2. The number of rotatable bonds is 10. The number of benzene rings is 3. The molecule has 13 heteroatoms. The first-order valence-corrected chi connectivity index (χ1v) is 14.8. The summed E-state index contributed by atoms with van der Waals surface area (Å²) in [5.74, 6) is -0.720. The standard InChI is InChI=1S/C26H28FN3O7S2/c1-36-21-9-11-22(12-10-21)39(34,35)30(20-7-5-19(27)6-8-20)18-26(31)28-24-17-23(13-14-25(24)37-2)38(32,33)29-15-3-4-16-29/h5-14,17H,3-4,15-16,18H2,1-2H3,(H,28,31). The van der Waals surface area contributed by atoms with E-state index in [1.807, 2.05) is 0 Å². The van der Waals surface area contributed by atoms with E-state index in [4.69, 9.17) is 9.47 Å². The zero-order chi connectivity index (χ0) is 28.2. The summed E-state index contributed by atoms with van der Waals surface area (Å²) in [6.45, 7) is 0.129. The summed E-state index contributed by atoms with van der Waals surface area (Å²) in [6, 6.07) is 14.3. The number of methoxy groups -OCH3 is 2. The van der Waals surface area contributed by atoms with E-state index in [2.05, 4.69) is 5.32 Å².